The van der Waals surface area contributed by atoms with Crippen molar-refractivity contribution < 1.29 is 4.79 Å². The Kier molecular flexibility index (Phi) is 4.74. The first-order valence-electron chi connectivity index (χ1n) is 9.88. The molecule has 0 bridgehead atoms. The minimum absolute atomic E-state index is 0.0354. The molecule has 8 nitrogen and oxygen atoms in total. The number of para-hydroxylation sites is 3. The maximum atomic E-state index is 13.0. The van der Waals surface area contributed by atoms with E-state index in [1.54, 1.807) is 0 Å². The number of fused-ring (bicyclic) bond motifs is 1. The van der Waals surface area contributed by atoms with E-state index in [0.717, 1.165) is 29.6 Å². The van der Waals surface area contributed by atoms with Gasteiger partial charge < -0.3 is 5.73 Å². The second-order valence-corrected chi connectivity index (χ2v) is 8.33. The van der Waals surface area contributed by atoms with Crippen LogP contribution in [0.25, 0.3) is 16.7 Å². The molecule has 3 N–H and O–H groups in total. The lowest BCUT2D eigenvalue weighted by molar-refractivity contribution is 0.102. The molecule has 0 spiro atoms. The normalized spacial score (nSPS) is 13.5. The highest BCUT2D eigenvalue weighted by molar-refractivity contribution is 7.99. The monoisotopic (exact) mass is 433 g/mol. The summed E-state index contributed by atoms with van der Waals surface area (Å²) in [5.41, 5.74) is 7.23. The Morgan fingerprint density at radius 2 is 1.81 bits per heavy atom. The van der Waals surface area contributed by atoms with Crippen LogP contribution in [0.2, 0.25) is 0 Å². The van der Waals surface area contributed by atoms with Gasteiger partial charge in [-0.2, -0.15) is 0 Å². The molecule has 5 rings (SSSR count). The number of nitrogen functional groups attached to an aromatic ring is 1. The van der Waals surface area contributed by atoms with Gasteiger partial charge in [-0.25, -0.2) is 9.78 Å². The van der Waals surface area contributed by atoms with E-state index < -0.39 is 17.0 Å². The first kappa shape index (κ1) is 19.4. The van der Waals surface area contributed by atoms with Crippen molar-refractivity contribution in [2.24, 2.45) is 0 Å². The molecule has 0 aliphatic heterocycles. The summed E-state index contributed by atoms with van der Waals surface area (Å²) >= 11 is 1.23. The molecule has 0 saturated heterocycles. The molecule has 1 aliphatic carbocycles. The van der Waals surface area contributed by atoms with Crippen molar-refractivity contribution in [3.63, 3.8) is 0 Å². The average Bonchev–Trinajstić information content (AvgIpc) is 3.51. The van der Waals surface area contributed by atoms with Crippen LogP contribution in [0.15, 0.2) is 69.3 Å². The van der Waals surface area contributed by atoms with E-state index in [1.165, 1.54) is 16.3 Å². The number of carbonyl (C=O) groups excluding carboxylic acids is 1. The Bertz CT molecular complexity index is 1420. The molecular formula is C22H19N5O3S. The summed E-state index contributed by atoms with van der Waals surface area (Å²) in [5, 5.41) is 0.631. The van der Waals surface area contributed by atoms with E-state index in [4.69, 9.17) is 5.73 Å². The molecule has 31 heavy (non-hydrogen) atoms. The zero-order valence-electron chi connectivity index (χ0n) is 16.4. The molecule has 9 heteroatoms. The van der Waals surface area contributed by atoms with Gasteiger partial charge >= 0.3 is 5.69 Å². The van der Waals surface area contributed by atoms with Crippen LogP contribution in [0.4, 0.5) is 5.82 Å². The van der Waals surface area contributed by atoms with Crippen LogP contribution in [0.5, 0.6) is 0 Å². The van der Waals surface area contributed by atoms with E-state index in [9.17, 15) is 14.4 Å². The number of nitrogens with one attached hydrogen (secondary N) is 1. The molecule has 2 heterocycles. The summed E-state index contributed by atoms with van der Waals surface area (Å²) in [6.07, 6.45) is 1.61. The van der Waals surface area contributed by atoms with Gasteiger partial charge in [-0.05, 0) is 37.1 Å². The van der Waals surface area contributed by atoms with Crippen LogP contribution in [-0.4, -0.2) is 30.6 Å². The van der Waals surface area contributed by atoms with Crippen molar-refractivity contribution in [1.29, 1.82) is 0 Å². The van der Waals surface area contributed by atoms with E-state index in [1.807, 2.05) is 59.2 Å². The predicted octanol–water partition coefficient (Wildman–Crippen LogP) is 2.77. The predicted molar refractivity (Wildman–Crippen MR) is 120 cm³/mol. The molecule has 156 valence electrons. The number of nitrogens with two attached hydrogens (primary N) is 1. The highest BCUT2D eigenvalue weighted by Crippen LogP contribution is 2.35. The van der Waals surface area contributed by atoms with Gasteiger partial charge in [0.2, 0.25) is 0 Å². The number of anilines is 1. The van der Waals surface area contributed by atoms with Gasteiger partial charge in [-0.15, -0.1) is 0 Å². The van der Waals surface area contributed by atoms with Gasteiger partial charge in [-0.1, -0.05) is 42.1 Å². The molecule has 0 amide bonds. The fraction of sp³-hybridized carbons (Fsp3) is 0.182. The molecule has 1 aliphatic rings. The van der Waals surface area contributed by atoms with Crippen LogP contribution in [0.1, 0.15) is 29.2 Å². The number of Topliss-reactive ketones (excluding diaryl/α,β-unsaturated/α-hetero) is 1. The van der Waals surface area contributed by atoms with E-state index in [2.05, 4.69) is 9.97 Å². The fourth-order valence-corrected chi connectivity index (χ4v) is 4.56. The van der Waals surface area contributed by atoms with Crippen LogP contribution in [0, 0.1) is 0 Å². The van der Waals surface area contributed by atoms with Crippen molar-refractivity contribution in [1.82, 2.24) is 19.1 Å². The van der Waals surface area contributed by atoms with E-state index >= 15 is 0 Å². The quantitative estimate of drug-likeness (QED) is 0.357. The van der Waals surface area contributed by atoms with Crippen molar-refractivity contribution in [2.75, 3.05) is 11.5 Å². The summed E-state index contributed by atoms with van der Waals surface area (Å²) in [5.74, 6) is -0.532. The van der Waals surface area contributed by atoms with Crippen molar-refractivity contribution in [2.45, 2.75) is 24.0 Å². The maximum absolute atomic E-state index is 13.0. The maximum Gasteiger partial charge on any atom is 0.330 e. The molecule has 1 saturated carbocycles. The Morgan fingerprint density at radius 1 is 1.10 bits per heavy atom. The molecule has 4 aromatic rings. The smallest absolute Gasteiger partial charge is 0.330 e. The third-order valence-corrected chi connectivity index (χ3v) is 6.19. The summed E-state index contributed by atoms with van der Waals surface area (Å²) < 4.78 is 3.30. The van der Waals surface area contributed by atoms with E-state index in [0.29, 0.717) is 5.16 Å². The van der Waals surface area contributed by atoms with Gasteiger partial charge in [0.1, 0.15) is 11.4 Å². The number of thioether (sulfide) groups is 1. The first-order valence-corrected chi connectivity index (χ1v) is 10.9. The number of rotatable bonds is 6. The van der Waals surface area contributed by atoms with Crippen LogP contribution in [0.3, 0.4) is 0 Å². The number of H-pyrrole nitrogens is 1. The summed E-state index contributed by atoms with van der Waals surface area (Å²) in [6.45, 7) is 0. The SMILES string of the molecule is Nc1c(C(=O)CSc2nc3ccccc3n2-c2ccccc2)c(=O)[nH]c(=O)n1C1CC1. The first-order chi connectivity index (χ1) is 15.0. The Balaban J connectivity index is 1.50. The molecule has 0 radical (unpaired) electrons. The number of nitrogens with zero attached hydrogens (tertiary/aromatic N) is 3. The molecule has 2 aromatic heterocycles. The van der Waals surface area contributed by atoms with Crippen LogP contribution >= 0.6 is 11.8 Å². The zero-order valence-corrected chi connectivity index (χ0v) is 17.3. The fourth-order valence-electron chi connectivity index (χ4n) is 3.66. The van der Waals surface area contributed by atoms with Crippen LogP contribution in [-0.2, 0) is 0 Å². The number of aromatic nitrogens is 4. The van der Waals surface area contributed by atoms with Gasteiger partial charge in [0.25, 0.3) is 5.56 Å². The Hall–Kier alpha value is -3.59. The standard InChI is InChI=1S/C22H19N5O3S/c23-19-18(20(29)25-21(30)27(19)14-10-11-14)17(28)12-31-22-24-15-8-4-5-9-16(15)26(22)13-6-2-1-3-7-13/h1-9,14H,10-12,23H2,(H,25,29,30). The average molecular weight is 433 g/mol. The molecule has 0 unspecified atom stereocenters. The van der Waals surface area contributed by atoms with Gasteiger partial charge in [-0.3, -0.25) is 23.7 Å². The number of imidazole rings is 1. The third kappa shape index (κ3) is 3.46. The number of carbonyl (C=O) groups is 1. The molecular weight excluding hydrogens is 414 g/mol. The lowest BCUT2D eigenvalue weighted by Crippen LogP contribution is -2.36. The number of aromatic amines is 1. The minimum atomic E-state index is -0.749. The number of hydrogen-bond donors (Lipinski definition) is 2. The lowest BCUT2D eigenvalue weighted by Gasteiger charge is -2.11. The van der Waals surface area contributed by atoms with Crippen molar-refractivity contribution >= 4 is 34.4 Å². The highest BCUT2D eigenvalue weighted by atomic mass is 32.2. The summed E-state index contributed by atoms with van der Waals surface area (Å²) in [6, 6.07) is 17.4. The van der Waals surface area contributed by atoms with Crippen molar-refractivity contribution in [3.05, 3.63) is 81.0 Å². The number of benzene rings is 2. The van der Waals surface area contributed by atoms with Gasteiger partial charge in [0.15, 0.2) is 10.9 Å². The zero-order chi connectivity index (χ0) is 21.5. The largest absolute Gasteiger partial charge is 0.384 e. The second kappa shape index (κ2) is 7.59. The Labute approximate surface area is 180 Å². The minimum Gasteiger partial charge on any atom is -0.384 e. The molecule has 0 atom stereocenters. The van der Waals surface area contributed by atoms with Crippen LogP contribution < -0.4 is 17.0 Å². The Morgan fingerprint density at radius 3 is 2.55 bits per heavy atom. The van der Waals surface area contributed by atoms with Crippen molar-refractivity contribution in [3.8, 4) is 5.69 Å². The number of hydrogen-bond acceptors (Lipinski definition) is 6. The highest BCUT2D eigenvalue weighted by Gasteiger charge is 2.30. The second-order valence-electron chi connectivity index (χ2n) is 7.39. The summed E-state index contributed by atoms with van der Waals surface area (Å²) in [4.78, 5) is 44.3. The lowest BCUT2D eigenvalue weighted by atomic mass is 10.2. The van der Waals surface area contributed by atoms with Gasteiger partial charge in [0, 0.05) is 11.7 Å². The topological polar surface area (TPSA) is 116 Å². The summed E-state index contributed by atoms with van der Waals surface area (Å²) in [7, 11) is 0. The van der Waals surface area contributed by atoms with E-state index in [-0.39, 0.29) is 23.2 Å². The molecule has 2 aromatic carbocycles. The van der Waals surface area contributed by atoms with Gasteiger partial charge in [0.05, 0.1) is 16.8 Å². The third-order valence-electron chi connectivity index (χ3n) is 5.25. The number of ketones is 1. The molecule has 1 fully saturated rings.